The number of rotatable bonds is 4. The van der Waals surface area contributed by atoms with Crippen LogP contribution in [0, 0.1) is 23.2 Å². The third-order valence-corrected chi connectivity index (χ3v) is 8.65. The van der Waals surface area contributed by atoms with Gasteiger partial charge in [-0.05, 0) is 61.8 Å². The molecule has 5 nitrogen and oxygen atoms in total. The van der Waals surface area contributed by atoms with Crippen molar-refractivity contribution in [1.82, 2.24) is 4.90 Å². The van der Waals surface area contributed by atoms with Crippen LogP contribution in [0.2, 0.25) is 0 Å². The Balaban J connectivity index is 1.27. The lowest BCUT2D eigenvalue weighted by atomic mass is 9.59. The fourth-order valence-electron chi connectivity index (χ4n) is 6.89. The van der Waals surface area contributed by atoms with Crippen LogP contribution in [-0.2, 0) is 9.53 Å². The van der Waals surface area contributed by atoms with E-state index in [1.807, 2.05) is 12.1 Å². The zero-order valence-corrected chi connectivity index (χ0v) is 20.0. The molecule has 1 aromatic rings. The molecule has 2 aliphatic heterocycles. The summed E-state index contributed by atoms with van der Waals surface area (Å²) < 4.78 is 11.3. The van der Waals surface area contributed by atoms with E-state index in [4.69, 9.17) is 9.47 Å². The van der Waals surface area contributed by atoms with Gasteiger partial charge in [-0.1, -0.05) is 31.9 Å². The van der Waals surface area contributed by atoms with Crippen molar-refractivity contribution in [2.75, 3.05) is 38.2 Å². The second-order valence-electron chi connectivity index (χ2n) is 10.8. The minimum atomic E-state index is -0.0223. The number of allylic oxidation sites excluding steroid dienone is 1. The molecule has 2 saturated heterocycles. The summed E-state index contributed by atoms with van der Waals surface area (Å²) in [6, 6.07) is 8.73. The lowest BCUT2D eigenvalue weighted by Crippen LogP contribution is -2.53. The Bertz CT molecular complexity index is 881. The summed E-state index contributed by atoms with van der Waals surface area (Å²) in [4.78, 5) is 17.9. The molecule has 6 atom stereocenters. The van der Waals surface area contributed by atoms with Crippen molar-refractivity contribution in [2.24, 2.45) is 23.2 Å². The molecular weight excluding hydrogens is 400 g/mol. The van der Waals surface area contributed by atoms with E-state index in [9.17, 15) is 4.79 Å². The van der Waals surface area contributed by atoms with E-state index in [0.29, 0.717) is 12.0 Å². The minimum absolute atomic E-state index is 0.0223. The molecular formula is C27H38N2O3. The lowest BCUT2D eigenvalue weighted by molar-refractivity contribution is -0.145. The summed E-state index contributed by atoms with van der Waals surface area (Å²) in [7, 11) is 1.70. The Labute approximate surface area is 192 Å². The Morgan fingerprint density at radius 3 is 2.69 bits per heavy atom. The maximum Gasteiger partial charge on any atom is 0.311 e. The molecule has 0 radical (unpaired) electrons. The molecule has 0 aromatic heterocycles. The number of benzene rings is 1. The first-order valence-electron chi connectivity index (χ1n) is 12.4. The summed E-state index contributed by atoms with van der Waals surface area (Å²) in [5.41, 5.74) is 3.07. The second kappa shape index (κ2) is 8.40. The number of methoxy groups -OCH3 is 1. The summed E-state index contributed by atoms with van der Waals surface area (Å²) in [5.74, 6) is 1.78. The van der Waals surface area contributed by atoms with Gasteiger partial charge in [-0.3, -0.25) is 9.69 Å². The quantitative estimate of drug-likeness (QED) is 0.511. The fraction of sp³-hybridized carbons (Fsp3) is 0.667. The van der Waals surface area contributed by atoms with Crippen molar-refractivity contribution in [3.63, 3.8) is 0 Å². The van der Waals surface area contributed by atoms with E-state index in [2.05, 4.69) is 48.8 Å². The molecule has 0 bridgehead atoms. The van der Waals surface area contributed by atoms with Gasteiger partial charge in [0.25, 0.3) is 0 Å². The first-order valence-corrected chi connectivity index (χ1v) is 12.4. The fourth-order valence-corrected chi connectivity index (χ4v) is 6.89. The van der Waals surface area contributed by atoms with E-state index in [-0.39, 0.29) is 29.3 Å². The van der Waals surface area contributed by atoms with Crippen LogP contribution in [-0.4, -0.2) is 56.3 Å². The van der Waals surface area contributed by atoms with E-state index < -0.39 is 0 Å². The maximum atomic E-state index is 12.9. The number of anilines is 1. The Kier molecular flexibility index (Phi) is 5.73. The van der Waals surface area contributed by atoms with Crippen LogP contribution in [0.15, 0.2) is 35.9 Å². The third kappa shape index (κ3) is 3.83. The zero-order valence-electron chi connectivity index (χ0n) is 20.0. The normalized spacial score (nSPS) is 37.4. The third-order valence-electron chi connectivity index (χ3n) is 8.65. The van der Waals surface area contributed by atoms with Crippen molar-refractivity contribution in [2.45, 2.75) is 58.6 Å². The molecule has 174 valence electrons. The van der Waals surface area contributed by atoms with Gasteiger partial charge in [0.15, 0.2) is 0 Å². The summed E-state index contributed by atoms with van der Waals surface area (Å²) >= 11 is 0. The van der Waals surface area contributed by atoms with Crippen LogP contribution in [0.1, 0.15) is 46.5 Å². The van der Waals surface area contributed by atoms with Crippen LogP contribution < -0.4 is 9.64 Å². The maximum absolute atomic E-state index is 12.9. The van der Waals surface area contributed by atoms with Crippen molar-refractivity contribution in [3.05, 3.63) is 35.9 Å². The van der Waals surface area contributed by atoms with E-state index in [1.54, 1.807) is 12.7 Å². The summed E-state index contributed by atoms with van der Waals surface area (Å²) in [6.07, 6.45) is 7.37. The first kappa shape index (κ1) is 21.8. The zero-order chi connectivity index (χ0) is 22.5. The van der Waals surface area contributed by atoms with E-state index in [0.717, 1.165) is 38.3 Å². The topological polar surface area (TPSA) is 42.0 Å². The van der Waals surface area contributed by atoms with Gasteiger partial charge in [-0.2, -0.15) is 0 Å². The number of hydrogen-bond donors (Lipinski definition) is 0. The first-order chi connectivity index (χ1) is 15.4. The highest BCUT2D eigenvalue weighted by atomic mass is 16.6. The van der Waals surface area contributed by atoms with Crippen LogP contribution >= 0.6 is 0 Å². The average molecular weight is 439 g/mol. The van der Waals surface area contributed by atoms with Crippen LogP contribution in [0.5, 0.6) is 5.75 Å². The predicted octanol–water partition coefficient (Wildman–Crippen LogP) is 4.52. The largest absolute Gasteiger partial charge is 0.497 e. The van der Waals surface area contributed by atoms with Crippen molar-refractivity contribution in [1.29, 1.82) is 0 Å². The number of carbonyl (C=O) groups is 1. The molecule has 2 heterocycles. The van der Waals surface area contributed by atoms with Gasteiger partial charge in [0.2, 0.25) is 0 Å². The number of carbonyl (C=O) groups excluding carboxylic acids is 1. The Morgan fingerprint density at radius 2 is 1.97 bits per heavy atom. The summed E-state index contributed by atoms with van der Waals surface area (Å²) in [6.45, 7) is 10.8. The molecule has 0 N–H and O–H groups in total. The smallest absolute Gasteiger partial charge is 0.311 e. The van der Waals surface area contributed by atoms with Crippen LogP contribution in [0.25, 0.3) is 0 Å². The molecule has 5 rings (SSSR count). The molecule has 3 fully saturated rings. The molecule has 2 unspecified atom stereocenters. The molecule has 4 aliphatic rings. The molecule has 1 saturated carbocycles. The highest BCUT2D eigenvalue weighted by molar-refractivity contribution is 5.76. The minimum Gasteiger partial charge on any atom is -0.497 e. The van der Waals surface area contributed by atoms with Gasteiger partial charge < -0.3 is 14.4 Å². The second-order valence-corrected chi connectivity index (χ2v) is 10.8. The van der Waals surface area contributed by atoms with E-state index in [1.165, 1.54) is 24.9 Å². The van der Waals surface area contributed by atoms with Crippen LogP contribution in [0.3, 0.4) is 0 Å². The number of esters is 1. The predicted molar refractivity (Wildman–Crippen MR) is 127 cm³/mol. The molecule has 2 aliphatic carbocycles. The molecule has 0 amide bonds. The lowest BCUT2D eigenvalue weighted by Gasteiger charge is -2.46. The molecule has 32 heavy (non-hydrogen) atoms. The van der Waals surface area contributed by atoms with Crippen LogP contribution in [0.4, 0.5) is 5.69 Å². The number of fused-ring (bicyclic) bond motifs is 2. The van der Waals surface area contributed by atoms with Gasteiger partial charge in [0, 0.05) is 43.8 Å². The summed E-state index contributed by atoms with van der Waals surface area (Å²) in [5, 5.41) is 0. The van der Waals surface area contributed by atoms with Gasteiger partial charge in [-0.15, -0.1) is 0 Å². The van der Waals surface area contributed by atoms with Crippen molar-refractivity contribution < 1.29 is 14.3 Å². The van der Waals surface area contributed by atoms with Gasteiger partial charge in [-0.25, -0.2) is 0 Å². The number of nitrogens with zero attached hydrogens (tertiary/aromatic N) is 2. The Hall–Kier alpha value is -2.01. The van der Waals surface area contributed by atoms with Gasteiger partial charge in [0.05, 0.1) is 13.0 Å². The molecule has 5 heteroatoms. The Morgan fingerprint density at radius 1 is 1.19 bits per heavy atom. The number of hydrogen-bond acceptors (Lipinski definition) is 5. The highest BCUT2D eigenvalue weighted by Crippen LogP contribution is 2.54. The standard InChI is InChI=1S/C27H38N2O3/c1-18-6-5-11-27(3)15-25-22(14-24(18)27)23(26(30)32-25)17-28-12-13-29(19(2)16-28)20-7-9-21(31-4)10-8-20/h7-10,14,18-19,22-23,25H,5-6,11-13,15-17H2,1-4H3/t18-,19?,22+,23?,25+,27+/m0/s1. The van der Waals surface area contributed by atoms with E-state index >= 15 is 0 Å². The average Bonchev–Trinajstić information content (AvgIpc) is 3.06. The highest BCUT2D eigenvalue weighted by Gasteiger charge is 2.52. The van der Waals surface area contributed by atoms with Crippen molar-refractivity contribution in [3.8, 4) is 5.75 Å². The molecule has 1 aromatic carbocycles. The van der Waals surface area contributed by atoms with Gasteiger partial charge in [0.1, 0.15) is 11.9 Å². The molecule has 0 spiro atoms. The SMILES string of the molecule is COc1ccc(N2CCN(CC3C(=O)O[C@@H]4C[C@@]5(C)CCC[C@H](C)C5=C[C@H]34)CC2C)cc1. The van der Waals surface area contributed by atoms with Gasteiger partial charge >= 0.3 is 5.97 Å². The number of piperazine rings is 1. The monoisotopic (exact) mass is 438 g/mol. The number of ether oxygens (including phenoxy) is 2. The van der Waals surface area contributed by atoms with Crippen molar-refractivity contribution >= 4 is 11.7 Å².